The van der Waals surface area contributed by atoms with Crippen molar-refractivity contribution in [3.63, 3.8) is 0 Å². The summed E-state index contributed by atoms with van der Waals surface area (Å²) in [7, 11) is 0. The summed E-state index contributed by atoms with van der Waals surface area (Å²) >= 11 is 3.33. The summed E-state index contributed by atoms with van der Waals surface area (Å²) in [5.41, 5.74) is 2.01. The van der Waals surface area contributed by atoms with Crippen LogP contribution < -0.4 is 5.32 Å². The second-order valence-electron chi connectivity index (χ2n) is 4.14. The molecule has 1 N–H and O–H groups in total. The van der Waals surface area contributed by atoms with Crippen LogP contribution in [0.15, 0.2) is 18.2 Å². The van der Waals surface area contributed by atoms with Crippen molar-refractivity contribution in [2.45, 2.75) is 32.2 Å². The summed E-state index contributed by atoms with van der Waals surface area (Å²) in [5, 5.41) is 3.26. The van der Waals surface area contributed by atoms with Crippen molar-refractivity contribution in [1.29, 1.82) is 0 Å². The summed E-state index contributed by atoms with van der Waals surface area (Å²) < 4.78 is 5.12. The third kappa shape index (κ3) is 4.14. The first kappa shape index (κ1) is 14.7. The minimum Gasteiger partial charge on any atom is -0.459 e. The molecular weight excluding hydrogens is 298 g/mol. The summed E-state index contributed by atoms with van der Waals surface area (Å²) in [6.45, 7) is 5.04. The second-order valence-corrected chi connectivity index (χ2v) is 4.70. The Kier molecular flexibility index (Phi) is 5.34. The average Bonchev–Trinajstić information content (AvgIpc) is 2.27. The number of benzene rings is 1. The number of halogens is 1. The molecule has 5 heteroatoms. The Bertz CT molecular complexity index is 458. The number of ether oxygens (including phenoxy) is 1. The van der Waals surface area contributed by atoms with E-state index < -0.39 is 0 Å². The van der Waals surface area contributed by atoms with Gasteiger partial charge in [-0.1, -0.05) is 15.9 Å². The smallest absolute Gasteiger partial charge is 0.338 e. The molecule has 0 unspecified atom stereocenters. The molecule has 0 atom stereocenters. The number of carbonyl (C=O) groups excluding carboxylic acids is 2. The molecule has 0 aliphatic rings. The number of hydrogen-bond donors (Lipinski definition) is 1. The molecule has 0 saturated heterocycles. The van der Waals surface area contributed by atoms with Gasteiger partial charge in [0, 0.05) is 17.9 Å². The quantitative estimate of drug-likeness (QED) is 0.686. The fourth-order valence-electron chi connectivity index (χ4n) is 1.42. The minimum atomic E-state index is -0.360. The number of esters is 1. The lowest BCUT2D eigenvalue weighted by Crippen LogP contribution is -2.13. The Labute approximate surface area is 115 Å². The molecule has 0 fully saturated rings. The van der Waals surface area contributed by atoms with E-state index in [4.69, 9.17) is 4.74 Å². The molecule has 0 spiro atoms. The van der Waals surface area contributed by atoms with E-state index in [0.717, 1.165) is 5.56 Å². The van der Waals surface area contributed by atoms with E-state index in [1.165, 1.54) is 6.92 Å². The summed E-state index contributed by atoms with van der Waals surface area (Å²) in [4.78, 5) is 22.8. The summed E-state index contributed by atoms with van der Waals surface area (Å²) in [6, 6.07) is 5.06. The van der Waals surface area contributed by atoms with Crippen LogP contribution >= 0.6 is 15.9 Å². The third-order valence-corrected chi connectivity index (χ3v) is 2.74. The minimum absolute atomic E-state index is 0.144. The molecule has 0 aliphatic carbocycles. The average molecular weight is 314 g/mol. The Morgan fingerprint density at radius 2 is 2.06 bits per heavy atom. The van der Waals surface area contributed by atoms with Gasteiger partial charge in [0.2, 0.25) is 5.91 Å². The molecule has 98 valence electrons. The van der Waals surface area contributed by atoms with E-state index in [1.807, 2.05) is 0 Å². The maximum absolute atomic E-state index is 11.7. The highest BCUT2D eigenvalue weighted by Gasteiger charge is 2.12. The number of hydrogen-bond acceptors (Lipinski definition) is 3. The van der Waals surface area contributed by atoms with Gasteiger partial charge in [0.05, 0.1) is 11.7 Å². The Morgan fingerprint density at radius 3 is 2.56 bits per heavy atom. The van der Waals surface area contributed by atoms with Gasteiger partial charge < -0.3 is 10.1 Å². The van der Waals surface area contributed by atoms with Crippen molar-refractivity contribution in [2.75, 3.05) is 5.32 Å². The van der Waals surface area contributed by atoms with E-state index in [1.54, 1.807) is 32.0 Å². The van der Waals surface area contributed by atoms with E-state index in [2.05, 4.69) is 21.2 Å². The van der Waals surface area contributed by atoms with Crippen molar-refractivity contribution < 1.29 is 14.3 Å². The predicted octanol–water partition coefficient (Wildman–Crippen LogP) is 3.11. The van der Waals surface area contributed by atoms with E-state index in [0.29, 0.717) is 16.6 Å². The molecule has 0 saturated carbocycles. The van der Waals surface area contributed by atoms with Crippen LogP contribution in [0.5, 0.6) is 0 Å². The van der Waals surface area contributed by atoms with Gasteiger partial charge in [-0.2, -0.15) is 0 Å². The maximum Gasteiger partial charge on any atom is 0.338 e. The molecule has 0 bridgehead atoms. The van der Waals surface area contributed by atoms with Crippen LogP contribution in [-0.4, -0.2) is 18.0 Å². The first-order valence-electron chi connectivity index (χ1n) is 5.61. The van der Waals surface area contributed by atoms with Crippen LogP contribution in [0.4, 0.5) is 5.69 Å². The normalized spacial score (nSPS) is 10.3. The molecule has 18 heavy (non-hydrogen) atoms. The first-order valence-corrected chi connectivity index (χ1v) is 6.73. The van der Waals surface area contributed by atoms with Gasteiger partial charge in [-0.15, -0.1) is 0 Å². The molecule has 0 aromatic heterocycles. The zero-order valence-corrected chi connectivity index (χ0v) is 12.2. The van der Waals surface area contributed by atoms with Crippen LogP contribution in [0, 0.1) is 0 Å². The van der Waals surface area contributed by atoms with Crippen molar-refractivity contribution in [3.05, 3.63) is 29.3 Å². The molecule has 0 heterocycles. The standard InChI is InChI=1S/C13H16BrNO3/c1-8(2)18-13(17)10-4-5-12(15-9(3)16)11(6-10)7-14/h4-6,8H,7H2,1-3H3,(H,15,16). The highest BCUT2D eigenvalue weighted by atomic mass is 79.9. The molecule has 0 radical (unpaired) electrons. The number of alkyl halides is 1. The summed E-state index contributed by atoms with van der Waals surface area (Å²) in [6.07, 6.45) is -0.153. The van der Waals surface area contributed by atoms with Gasteiger partial charge in [-0.05, 0) is 37.6 Å². The van der Waals surface area contributed by atoms with E-state index in [9.17, 15) is 9.59 Å². The largest absolute Gasteiger partial charge is 0.459 e. The monoisotopic (exact) mass is 313 g/mol. The first-order chi connectivity index (χ1) is 8.43. The number of nitrogens with one attached hydrogen (secondary N) is 1. The van der Waals surface area contributed by atoms with Crippen LogP contribution in [-0.2, 0) is 14.9 Å². The number of anilines is 1. The van der Waals surface area contributed by atoms with Gasteiger partial charge in [0.15, 0.2) is 0 Å². The van der Waals surface area contributed by atoms with Crippen molar-refractivity contribution in [3.8, 4) is 0 Å². The fourth-order valence-corrected chi connectivity index (χ4v) is 1.89. The maximum atomic E-state index is 11.7. The fraction of sp³-hybridized carbons (Fsp3) is 0.385. The van der Waals surface area contributed by atoms with Gasteiger partial charge in [0.1, 0.15) is 0 Å². The lowest BCUT2D eigenvalue weighted by Gasteiger charge is -2.11. The topological polar surface area (TPSA) is 55.4 Å². The molecular formula is C13H16BrNO3. The Balaban J connectivity index is 2.97. The van der Waals surface area contributed by atoms with Gasteiger partial charge in [0.25, 0.3) is 0 Å². The zero-order valence-electron chi connectivity index (χ0n) is 10.6. The Morgan fingerprint density at radius 1 is 1.39 bits per heavy atom. The highest BCUT2D eigenvalue weighted by Crippen LogP contribution is 2.21. The number of amides is 1. The SMILES string of the molecule is CC(=O)Nc1ccc(C(=O)OC(C)C)cc1CBr. The van der Waals surface area contributed by atoms with E-state index >= 15 is 0 Å². The predicted molar refractivity (Wildman–Crippen MR) is 73.9 cm³/mol. The molecule has 4 nitrogen and oxygen atoms in total. The van der Waals surface area contributed by atoms with Gasteiger partial charge in [-0.25, -0.2) is 4.79 Å². The van der Waals surface area contributed by atoms with Crippen molar-refractivity contribution in [2.24, 2.45) is 0 Å². The molecule has 1 aromatic carbocycles. The molecule has 1 aromatic rings. The lowest BCUT2D eigenvalue weighted by atomic mass is 10.1. The van der Waals surface area contributed by atoms with Gasteiger partial charge >= 0.3 is 5.97 Å². The molecule has 0 aliphatic heterocycles. The molecule has 1 amide bonds. The highest BCUT2D eigenvalue weighted by molar-refractivity contribution is 9.08. The Hall–Kier alpha value is -1.36. The van der Waals surface area contributed by atoms with Crippen LogP contribution in [0.2, 0.25) is 0 Å². The van der Waals surface area contributed by atoms with Gasteiger partial charge in [-0.3, -0.25) is 4.79 Å². The third-order valence-electron chi connectivity index (χ3n) is 2.14. The lowest BCUT2D eigenvalue weighted by molar-refractivity contribution is -0.114. The van der Waals surface area contributed by atoms with E-state index in [-0.39, 0.29) is 18.0 Å². The number of carbonyl (C=O) groups is 2. The molecule has 1 rings (SSSR count). The van der Waals surface area contributed by atoms with Crippen LogP contribution in [0.25, 0.3) is 0 Å². The zero-order chi connectivity index (χ0) is 13.7. The van der Waals surface area contributed by atoms with Crippen molar-refractivity contribution >= 4 is 33.5 Å². The number of rotatable bonds is 4. The second kappa shape index (κ2) is 6.54. The van der Waals surface area contributed by atoms with Crippen LogP contribution in [0.1, 0.15) is 36.7 Å². The van der Waals surface area contributed by atoms with Crippen molar-refractivity contribution in [1.82, 2.24) is 0 Å². The summed E-state index contributed by atoms with van der Waals surface area (Å²) in [5.74, 6) is -0.503. The van der Waals surface area contributed by atoms with Crippen LogP contribution in [0.3, 0.4) is 0 Å².